The van der Waals surface area contributed by atoms with Crippen molar-refractivity contribution < 1.29 is 14.0 Å². The molecule has 0 radical (unpaired) electrons. The van der Waals surface area contributed by atoms with Gasteiger partial charge in [-0.3, -0.25) is 14.5 Å². The van der Waals surface area contributed by atoms with E-state index < -0.39 is 11.4 Å². The average Bonchev–Trinajstić information content (AvgIpc) is 2.92. The number of aromatic nitrogens is 2. The molecule has 2 aromatic rings. The Morgan fingerprint density at radius 1 is 1.45 bits per heavy atom. The van der Waals surface area contributed by atoms with Gasteiger partial charge in [-0.1, -0.05) is 0 Å². The van der Waals surface area contributed by atoms with Gasteiger partial charge in [0.05, 0.1) is 22.2 Å². The molecule has 0 spiro atoms. The van der Waals surface area contributed by atoms with Gasteiger partial charge in [-0.15, -0.1) is 11.3 Å². The highest BCUT2D eigenvalue weighted by Crippen LogP contribution is 2.46. The lowest BCUT2D eigenvalue weighted by Crippen LogP contribution is -2.42. The van der Waals surface area contributed by atoms with Crippen LogP contribution in [0, 0.1) is 5.82 Å². The third-order valence-corrected chi connectivity index (χ3v) is 5.18. The number of nitrogens with zero attached hydrogens (tertiary/aromatic N) is 3. The molecule has 1 aliphatic rings. The Hall–Kier alpha value is -1.86. The van der Waals surface area contributed by atoms with Crippen LogP contribution < -0.4 is 0 Å². The van der Waals surface area contributed by atoms with Gasteiger partial charge >= 0.3 is 0 Å². The van der Waals surface area contributed by atoms with Crippen LogP contribution in [0.4, 0.5) is 4.39 Å². The van der Waals surface area contributed by atoms with Crippen LogP contribution in [0.2, 0.25) is 5.28 Å². The number of thiophene rings is 1. The van der Waals surface area contributed by atoms with Crippen molar-refractivity contribution in [3.8, 4) is 10.6 Å². The quantitative estimate of drug-likeness (QED) is 0.748. The smallest absolute Gasteiger partial charge is 0.262 e. The SMILES string of the molecule is CC(=O)N1C(=O)c2cc(-c3nc(Cl)ncc3F)sc2C1(C)C. The van der Waals surface area contributed by atoms with Crippen LogP contribution in [0.3, 0.4) is 0 Å². The molecular formula is C14H11ClFN3O2S. The van der Waals surface area contributed by atoms with Crippen molar-refractivity contribution in [3.63, 3.8) is 0 Å². The second-order valence-corrected chi connectivity index (χ2v) is 6.80. The first-order valence-electron chi connectivity index (χ1n) is 6.41. The summed E-state index contributed by atoms with van der Waals surface area (Å²) in [4.78, 5) is 34.0. The predicted octanol–water partition coefficient (Wildman–Crippen LogP) is 3.24. The molecule has 22 heavy (non-hydrogen) atoms. The zero-order valence-electron chi connectivity index (χ0n) is 12.0. The summed E-state index contributed by atoms with van der Waals surface area (Å²) < 4.78 is 13.9. The number of fused-ring (bicyclic) bond motifs is 1. The van der Waals surface area contributed by atoms with E-state index in [4.69, 9.17) is 11.6 Å². The first-order valence-corrected chi connectivity index (χ1v) is 7.60. The number of carbonyl (C=O) groups is 2. The summed E-state index contributed by atoms with van der Waals surface area (Å²) in [5.74, 6) is -1.32. The number of amides is 2. The van der Waals surface area contributed by atoms with Crippen LogP contribution in [0.25, 0.3) is 10.6 Å². The van der Waals surface area contributed by atoms with Crippen LogP contribution in [0.5, 0.6) is 0 Å². The molecule has 0 bridgehead atoms. The molecule has 0 saturated heterocycles. The van der Waals surface area contributed by atoms with Gasteiger partial charge < -0.3 is 0 Å². The normalized spacial score (nSPS) is 16.0. The third-order valence-electron chi connectivity index (χ3n) is 3.54. The molecule has 114 valence electrons. The number of carbonyl (C=O) groups excluding carboxylic acids is 2. The maximum absolute atomic E-state index is 13.9. The summed E-state index contributed by atoms with van der Waals surface area (Å²) >= 11 is 6.93. The molecule has 0 aliphatic carbocycles. The molecule has 0 N–H and O–H groups in total. The second kappa shape index (κ2) is 4.82. The standard InChI is InChI=1S/C14H11ClFN3O2S/c1-6(20)19-12(21)7-4-9(22-11(7)14(19,2)3)10-8(16)5-17-13(15)18-10/h4-5H,1-3H3. The van der Waals surface area contributed by atoms with Gasteiger partial charge in [0.1, 0.15) is 5.69 Å². The van der Waals surface area contributed by atoms with E-state index in [0.29, 0.717) is 15.3 Å². The fourth-order valence-electron chi connectivity index (χ4n) is 2.65. The summed E-state index contributed by atoms with van der Waals surface area (Å²) in [5, 5.41) is -0.0686. The molecule has 1 aliphatic heterocycles. The van der Waals surface area contributed by atoms with Crippen LogP contribution in [0.15, 0.2) is 12.3 Å². The fourth-order valence-corrected chi connectivity index (χ4v) is 4.02. The summed E-state index contributed by atoms with van der Waals surface area (Å²) in [7, 11) is 0. The van der Waals surface area contributed by atoms with E-state index in [2.05, 4.69) is 9.97 Å². The van der Waals surface area contributed by atoms with Crippen molar-refractivity contribution in [1.29, 1.82) is 0 Å². The first-order chi connectivity index (χ1) is 10.2. The van der Waals surface area contributed by atoms with Crippen molar-refractivity contribution in [3.05, 3.63) is 33.8 Å². The minimum atomic E-state index is -0.769. The maximum atomic E-state index is 13.9. The van der Waals surface area contributed by atoms with Crippen molar-refractivity contribution in [2.75, 3.05) is 0 Å². The van der Waals surface area contributed by atoms with Crippen molar-refractivity contribution in [1.82, 2.24) is 14.9 Å². The molecule has 3 rings (SSSR count). The lowest BCUT2D eigenvalue weighted by atomic mass is 10.0. The van der Waals surface area contributed by atoms with E-state index >= 15 is 0 Å². The average molecular weight is 340 g/mol. The molecule has 2 amide bonds. The molecule has 0 saturated carbocycles. The molecule has 3 heterocycles. The largest absolute Gasteiger partial charge is 0.275 e. The molecule has 2 aromatic heterocycles. The van der Waals surface area contributed by atoms with E-state index in [0.717, 1.165) is 6.20 Å². The molecule has 8 heteroatoms. The number of hydrogen-bond acceptors (Lipinski definition) is 5. The molecule has 5 nitrogen and oxygen atoms in total. The molecule has 0 unspecified atom stereocenters. The van der Waals surface area contributed by atoms with Gasteiger partial charge in [0.25, 0.3) is 5.91 Å². The lowest BCUT2D eigenvalue weighted by Gasteiger charge is -2.29. The highest BCUT2D eigenvalue weighted by molar-refractivity contribution is 7.16. The van der Waals surface area contributed by atoms with Gasteiger partial charge in [-0.25, -0.2) is 14.4 Å². The molecule has 0 atom stereocenters. The highest BCUT2D eigenvalue weighted by Gasteiger charge is 2.47. The first kappa shape index (κ1) is 15.1. The zero-order chi connectivity index (χ0) is 16.2. The Kier molecular flexibility index (Phi) is 3.30. The summed E-state index contributed by atoms with van der Waals surface area (Å²) in [6.07, 6.45) is 0.990. The summed E-state index contributed by atoms with van der Waals surface area (Å²) in [6.45, 7) is 4.91. The number of rotatable bonds is 1. The van der Waals surface area contributed by atoms with Crippen LogP contribution in [0.1, 0.15) is 36.0 Å². The Balaban J connectivity index is 2.15. The predicted molar refractivity (Wildman–Crippen MR) is 80.2 cm³/mol. The Morgan fingerprint density at radius 3 is 2.73 bits per heavy atom. The van der Waals surface area contributed by atoms with Gasteiger partial charge in [-0.2, -0.15) is 0 Å². The summed E-state index contributed by atoms with van der Waals surface area (Å²) in [5.41, 5.74) is -0.319. The van der Waals surface area contributed by atoms with E-state index in [-0.39, 0.29) is 22.8 Å². The number of halogens is 2. The minimum Gasteiger partial charge on any atom is -0.275 e. The topological polar surface area (TPSA) is 63.2 Å². The van der Waals surface area contributed by atoms with Crippen molar-refractivity contribution in [2.45, 2.75) is 26.3 Å². The van der Waals surface area contributed by atoms with E-state index in [1.165, 1.54) is 23.2 Å². The lowest BCUT2D eigenvalue weighted by molar-refractivity contribution is -0.130. The van der Waals surface area contributed by atoms with Gasteiger partial charge in [-0.05, 0) is 31.5 Å². The fraction of sp³-hybridized carbons (Fsp3) is 0.286. The van der Waals surface area contributed by atoms with E-state index in [1.807, 2.05) is 0 Å². The molecule has 0 fully saturated rings. The van der Waals surface area contributed by atoms with Crippen molar-refractivity contribution in [2.24, 2.45) is 0 Å². The zero-order valence-corrected chi connectivity index (χ0v) is 13.5. The Morgan fingerprint density at radius 2 is 2.14 bits per heavy atom. The second-order valence-electron chi connectivity index (χ2n) is 5.41. The van der Waals surface area contributed by atoms with Gasteiger partial charge in [0.15, 0.2) is 5.82 Å². The molecule has 0 aromatic carbocycles. The number of imide groups is 1. The van der Waals surface area contributed by atoms with Gasteiger partial charge in [0, 0.05) is 11.8 Å². The van der Waals surface area contributed by atoms with E-state index in [9.17, 15) is 14.0 Å². The van der Waals surface area contributed by atoms with Crippen LogP contribution in [-0.2, 0) is 10.3 Å². The number of hydrogen-bond donors (Lipinski definition) is 0. The van der Waals surface area contributed by atoms with Crippen molar-refractivity contribution >= 4 is 34.8 Å². The van der Waals surface area contributed by atoms with E-state index in [1.54, 1.807) is 19.9 Å². The monoisotopic (exact) mass is 339 g/mol. The Labute approximate surface area is 134 Å². The molecular weight excluding hydrogens is 329 g/mol. The van der Waals surface area contributed by atoms with Crippen LogP contribution >= 0.6 is 22.9 Å². The summed E-state index contributed by atoms with van der Waals surface area (Å²) in [6, 6.07) is 1.55. The third kappa shape index (κ3) is 2.04. The Bertz CT molecular complexity index is 818. The van der Waals surface area contributed by atoms with Gasteiger partial charge in [0.2, 0.25) is 11.2 Å². The minimum absolute atomic E-state index is 0.0531. The highest BCUT2D eigenvalue weighted by atomic mass is 35.5. The maximum Gasteiger partial charge on any atom is 0.262 e. The van der Waals surface area contributed by atoms with Crippen LogP contribution in [-0.4, -0.2) is 26.7 Å².